The van der Waals surface area contributed by atoms with Gasteiger partial charge >= 0.3 is 0 Å². The van der Waals surface area contributed by atoms with Crippen LogP contribution in [0.2, 0.25) is 0 Å². The van der Waals surface area contributed by atoms with Crippen molar-refractivity contribution in [1.29, 1.82) is 0 Å². The molecule has 0 spiro atoms. The number of hydrogen-bond donors (Lipinski definition) is 1. The molecule has 0 fully saturated rings. The van der Waals surface area contributed by atoms with Gasteiger partial charge in [0.1, 0.15) is 6.10 Å². The number of aliphatic hydroxyl groups is 1. The van der Waals surface area contributed by atoms with E-state index in [-0.39, 0.29) is 21.3 Å². The normalized spacial score (nSPS) is 12.3. The van der Waals surface area contributed by atoms with E-state index in [1.807, 2.05) is 0 Å². The van der Waals surface area contributed by atoms with Crippen LogP contribution >= 0.6 is 15.9 Å². The topological polar surface area (TPSA) is 29.5 Å². The van der Waals surface area contributed by atoms with Gasteiger partial charge in [-0.2, -0.15) is 0 Å². The molecular weight excluding hydrogens is 337 g/mol. The van der Waals surface area contributed by atoms with Crippen molar-refractivity contribution in [3.8, 4) is 5.75 Å². The molecule has 0 saturated heterocycles. The number of ether oxygens (including phenoxy) is 1. The Kier molecular flexibility index (Phi) is 4.35. The summed E-state index contributed by atoms with van der Waals surface area (Å²) in [6, 6.07) is 6.29. The summed E-state index contributed by atoms with van der Waals surface area (Å²) in [5.41, 5.74) is -0.0629. The van der Waals surface area contributed by atoms with Crippen LogP contribution in [0.3, 0.4) is 0 Å². The summed E-state index contributed by atoms with van der Waals surface area (Å²) in [5, 5.41) is 10.2. The molecular formula is C14H10BrF3O2. The van der Waals surface area contributed by atoms with E-state index in [1.165, 1.54) is 31.4 Å². The SMILES string of the molecule is COc1cccc(C(O)c2ccc(F)c(F)c2Br)c1F. The third-order valence-electron chi connectivity index (χ3n) is 2.87. The number of halogens is 4. The molecule has 0 aliphatic carbocycles. The van der Waals surface area contributed by atoms with Crippen molar-refractivity contribution >= 4 is 15.9 Å². The lowest BCUT2D eigenvalue weighted by molar-refractivity contribution is 0.211. The maximum atomic E-state index is 14.1. The highest BCUT2D eigenvalue weighted by atomic mass is 79.9. The Hall–Kier alpha value is -1.53. The molecule has 20 heavy (non-hydrogen) atoms. The van der Waals surface area contributed by atoms with E-state index in [0.717, 1.165) is 6.07 Å². The molecule has 0 aromatic heterocycles. The Morgan fingerprint density at radius 3 is 2.40 bits per heavy atom. The molecule has 0 saturated carbocycles. The summed E-state index contributed by atoms with van der Waals surface area (Å²) in [4.78, 5) is 0. The minimum atomic E-state index is -1.45. The average molecular weight is 347 g/mol. The standard InChI is InChI=1S/C14H10BrF3O2/c1-20-10-4-2-3-8(12(10)17)14(19)7-5-6-9(16)13(18)11(7)15/h2-6,14,19H,1H3. The fraction of sp³-hybridized carbons (Fsp3) is 0.143. The molecule has 0 amide bonds. The van der Waals surface area contributed by atoms with Crippen LogP contribution in [0.5, 0.6) is 5.75 Å². The largest absolute Gasteiger partial charge is 0.494 e. The second-order valence-electron chi connectivity index (χ2n) is 4.03. The number of hydrogen-bond acceptors (Lipinski definition) is 2. The van der Waals surface area contributed by atoms with Crippen LogP contribution in [-0.2, 0) is 0 Å². The van der Waals surface area contributed by atoms with E-state index < -0.39 is 23.6 Å². The number of aliphatic hydroxyl groups excluding tert-OH is 1. The van der Waals surface area contributed by atoms with Gasteiger partial charge in [0.2, 0.25) is 0 Å². The summed E-state index contributed by atoms with van der Waals surface area (Å²) in [6.45, 7) is 0. The fourth-order valence-electron chi connectivity index (χ4n) is 1.82. The summed E-state index contributed by atoms with van der Waals surface area (Å²) in [6.07, 6.45) is -1.45. The van der Waals surface area contributed by atoms with Crippen LogP contribution < -0.4 is 4.74 Å². The first-order chi connectivity index (χ1) is 9.47. The first kappa shape index (κ1) is 14.9. The molecule has 6 heteroatoms. The first-order valence-corrected chi connectivity index (χ1v) is 6.40. The lowest BCUT2D eigenvalue weighted by Gasteiger charge is -2.16. The minimum Gasteiger partial charge on any atom is -0.494 e. The second kappa shape index (κ2) is 5.85. The maximum Gasteiger partial charge on any atom is 0.173 e. The van der Waals surface area contributed by atoms with Crippen molar-refractivity contribution in [2.45, 2.75) is 6.10 Å². The van der Waals surface area contributed by atoms with E-state index in [4.69, 9.17) is 4.74 Å². The predicted molar refractivity (Wildman–Crippen MR) is 71.1 cm³/mol. The van der Waals surface area contributed by atoms with Gasteiger partial charge in [0.05, 0.1) is 11.6 Å². The molecule has 1 unspecified atom stereocenters. The smallest absolute Gasteiger partial charge is 0.173 e. The highest BCUT2D eigenvalue weighted by molar-refractivity contribution is 9.10. The summed E-state index contributed by atoms with van der Waals surface area (Å²) < 4.78 is 45.1. The Morgan fingerprint density at radius 2 is 1.75 bits per heavy atom. The molecule has 1 N–H and O–H groups in total. The first-order valence-electron chi connectivity index (χ1n) is 5.61. The summed E-state index contributed by atoms with van der Waals surface area (Å²) in [5.74, 6) is -2.98. The van der Waals surface area contributed by atoms with Gasteiger partial charge in [0, 0.05) is 11.1 Å². The lowest BCUT2D eigenvalue weighted by Crippen LogP contribution is -2.06. The van der Waals surface area contributed by atoms with Crippen molar-refractivity contribution in [2.75, 3.05) is 7.11 Å². The molecule has 2 aromatic carbocycles. The zero-order valence-corrected chi connectivity index (χ0v) is 11.9. The molecule has 0 bridgehead atoms. The summed E-state index contributed by atoms with van der Waals surface area (Å²) in [7, 11) is 1.29. The summed E-state index contributed by atoms with van der Waals surface area (Å²) >= 11 is 2.86. The van der Waals surface area contributed by atoms with Gasteiger partial charge in [-0.05, 0) is 28.1 Å². The predicted octanol–water partition coefficient (Wildman–Crippen LogP) is 3.96. The van der Waals surface area contributed by atoms with E-state index in [0.29, 0.717) is 0 Å². The van der Waals surface area contributed by atoms with Gasteiger partial charge < -0.3 is 9.84 Å². The third-order valence-corrected chi connectivity index (χ3v) is 3.67. The monoisotopic (exact) mass is 346 g/mol. The van der Waals surface area contributed by atoms with Crippen molar-refractivity contribution in [1.82, 2.24) is 0 Å². The lowest BCUT2D eigenvalue weighted by atomic mass is 10.0. The van der Waals surface area contributed by atoms with Gasteiger partial charge in [-0.3, -0.25) is 0 Å². The number of rotatable bonds is 3. The molecule has 106 valence electrons. The van der Waals surface area contributed by atoms with Gasteiger partial charge in [-0.25, -0.2) is 13.2 Å². The van der Waals surface area contributed by atoms with Crippen molar-refractivity contribution in [3.05, 3.63) is 63.4 Å². The molecule has 1 atom stereocenters. The molecule has 0 radical (unpaired) electrons. The van der Waals surface area contributed by atoms with E-state index in [9.17, 15) is 18.3 Å². The Labute approximate surface area is 121 Å². The van der Waals surface area contributed by atoms with Crippen LogP contribution in [0.4, 0.5) is 13.2 Å². The fourth-order valence-corrected chi connectivity index (χ4v) is 2.35. The second-order valence-corrected chi connectivity index (χ2v) is 4.82. The maximum absolute atomic E-state index is 14.1. The van der Waals surface area contributed by atoms with Gasteiger partial charge in [-0.15, -0.1) is 0 Å². The molecule has 2 aromatic rings. The van der Waals surface area contributed by atoms with Crippen molar-refractivity contribution in [2.24, 2.45) is 0 Å². The quantitative estimate of drug-likeness (QED) is 0.852. The highest BCUT2D eigenvalue weighted by Gasteiger charge is 2.22. The molecule has 0 heterocycles. The third kappa shape index (κ3) is 2.53. The Bertz CT molecular complexity index is 647. The van der Waals surface area contributed by atoms with Crippen LogP contribution in [-0.4, -0.2) is 12.2 Å². The molecule has 0 aliphatic heterocycles. The zero-order chi connectivity index (χ0) is 14.9. The van der Waals surface area contributed by atoms with E-state index in [1.54, 1.807) is 0 Å². The molecule has 2 rings (SSSR count). The molecule has 0 aliphatic rings. The zero-order valence-electron chi connectivity index (χ0n) is 10.3. The van der Waals surface area contributed by atoms with E-state index in [2.05, 4.69) is 15.9 Å². The Balaban J connectivity index is 2.52. The number of benzene rings is 2. The van der Waals surface area contributed by atoms with Crippen LogP contribution in [0.15, 0.2) is 34.8 Å². The van der Waals surface area contributed by atoms with E-state index >= 15 is 0 Å². The van der Waals surface area contributed by atoms with Crippen LogP contribution in [0, 0.1) is 17.5 Å². The number of methoxy groups -OCH3 is 1. The molecule has 2 nitrogen and oxygen atoms in total. The average Bonchev–Trinajstić information content (AvgIpc) is 2.44. The highest BCUT2D eigenvalue weighted by Crippen LogP contribution is 2.34. The van der Waals surface area contributed by atoms with Gasteiger partial charge in [0.15, 0.2) is 23.2 Å². The minimum absolute atomic E-state index is 0.0241. The van der Waals surface area contributed by atoms with Crippen LogP contribution in [0.25, 0.3) is 0 Å². The van der Waals surface area contributed by atoms with Gasteiger partial charge in [0.25, 0.3) is 0 Å². The van der Waals surface area contributed by atoms with Crippen molar-refractivity contribution < 1.29 is 23.0 Å². The Morgan fingerprint density at radius 1 is 1.05 bits per heavy atom. The van der Waals surface area contributed by atoms with Crippen molar-refractivity contribution in [3.63, 3.8) is 0 Å². The van der Waals surface area contributed by atoms with Gasteiger partial charge in [-0.1, -0.05) is 18.2 Å². The van der Waals surface area contributed by atoms with Crippen LogP contribution in [0.1, 0.15) is 17.2 Å².